The quantitative estimate of drug-likeness (QED) is 0.331. The number of allylic oxidation sites excluding steroid dienone is 1. The Morgan fingerprint density at radius 1 is 1.23 bits per heavy atom. The number of nitrogens with zero attached hydrogens (tertiary/aromatic N) is 3. The van der Waals surface area contributed by atoms with Gasteiger partial charge in [-0.25, -0.2) is 4.79 Å². The van der Waals surface area contributed by atoms with E-state index < -0.39 is 0 Å². The molecule has 31 heavy (non-hydrogen) atoms. The van der Waals surface area contributed by atoms with Crippen molar-refractivity contribution in [2.45, 2.75) is 57.1 Å². The third-order valence-corrected chi connectivity index (χ3v) is 6.28. The van der Waals surface area contributed by atoms with Crippen molar-refractivity contribution < 1.29 is 14.3 Å². The molecule has 0 bridgehead atoms. The standard InChI is InChI=1S/C23H30N4O3S/c1-3-14-27-20(15-17-8-6-5-7-9-17)25-26-23(27)31-16-21(28)24-19-12-10-18(11-13-19)22(29)30-4-2/h3,10-13,17H,1,4-9,14-16H2,2H3,(H,24,28). The minimum atomic E-state index is -0.374. The molecule has 1 heterocycles. The molecule has 1 amide bonds. The fraction of sp³-hybridized carbons (Fsp3) is 0.478. The van der Waals surface area contributed by atoms with Gasteiger partial charge in [-0.3, -0.25) is 4.79 Å². The summed E-state index contributed by atoms with van der Waals surface area (Å²) in [4.78, 5) is 24.1. The van der Waals surface area contributed by atoms with Crippen molar-refractivity contribution in [3.63, 3.8) is 0 Å². The van der Waals surface area contributed by atoms with E-state index in [0.717, 1.165) is 17.4 Å². The van der Waals surface area contributed by atoms with Crippen molar-refractivity contribution in [1.29, 1.82) is 0 Å². The molecule has 0 unspecified atom stereocenters. The summed E-state index contributed by atoms with van der Waals surface area (Å²) in [5.41, 5.74) is 1.08. The first kappa shape index (κ1) is 23.1. The number of rotatable bonds is 10. The van der Waals surface area contributed by atoms with E-state index in [1.54, 1.807) is 31.2 Å². The second-order valence-corrected chi connectivity index (χ2v) is 8.58. The van der Waals surface area contributed by atoms with Crippen LogP contribution in [0.4, 0.5) is 5.69 Å². The van der Waals surface area contributed by atoms with Gasteiger partial charge in [0, 0.05) is 18.7 Å². The minimum absolute atomic E-state index is 0.143. The number of esters is 1. The number of nitrogens with one attached hydrogen (secondary N) is 1. The van der Waals surface area contributed by atoms with Crippen LogP contribution in [-0.2, 0) is 22.5 Å². The largest absolute Gasteiger partial charge is 0.462 e. The number of amides is 1. The highest BCUT2D eigenvalue weighted by Crippen LogP contribution is 2.27. The van der Waals surface area contributed by atoms with Crippen LogP contribution in [0, 0.1) is 5.92 Å². The Kier molecular flexibility index (Phi) is 8.70. The molecule has 1 aromatic heterocycles. The zero-order chi connectivity index (χ0) is 22.1. The van der Waals surface area contributed by atoms with Crippen molar-refractivity contribution in [2.24, 2.45) is 5.92 Å². The molecular formula is C23H30N4O3S. The van der Waals surface area contributed by atoms with Gasteiger partial charge in [-0.2, -0.15) is 0 Å². The van der Waals surface area contributed by atoms with E-state index in [-0.39, 0.29) is 17.6 Å². The third-order valence-electron chi connectivity index (χ3n) is 5.31. The number of hydrogen-bond donors (Lipinski definition) is 1. The molecule has 8 heteroatoms. The molecular weight excluding hydrogens is 412 g/mol. The highest BCUT2D eigenvalue weighted by Gasteiger charge is 2.19. The molecule has 0 spiro atoms. The number of anilines is 1. The van der Waals surface area contributed by atoms with E-state index in [9.17, 15) is 9.59 Å². The van der Waals surface area contributed by atoms with Crippen LogP contribution in [0.5, 0.6) is 0 Å². The van der Waals surface area contributed by atoms with Gasteiger partial charge < -0.3 is 14.6 Å². The average molecular weight is 443 g/mol. The van der Waals surface area contributed by atoms with E-state index in [0.29, 0.717) is 30.3 Å². The van der Waals surface area contributed by atoms with Crippen LogP contribution in [0.3, 0.4) is 0 Å². The van der Waals surface area contributed by atoms with Crippen molar-refractivity contribution >= 4 is 29.3 Å². The summed E-state index contributed by atoms with van der Waals surface area (Å²) < 4.78 is 7.03. The van der Waals surface area contributed by atoms with Crippen LogP contribution >= 0.6 is 11.8 Å². The number of benzene rings is 1. The van der Waals surface area contributed by atoms with Gasteiger partial charge in [-0.15, -0.1) is 16.8 Å². The molecule has 1 aliphatic carbocycles. The summed E-state index contributed by atoms with van der Waals surface area (Å²) in [5.74, 6) is 1.35. The van der Waals surface area contributed by atoms with E-state index in [4.69, 9.17) is 4.74 Å². The van der Waals surface area contributed by atoms with Crippen LogP contribution in [0.2, 0.25) is 0 Å². The summed E-state index contributed by atoms with van der Waals surface area (Å²) in [7, 11) is 0. The van der Waals surface area contributed by atoms with Gasteiger partial charge in [0.2, 0.25) is 5.91 Å². The predicted molar refractivity (Wildman–Crippen MR) is 122 cm³/mol. The maximum absolute atomic E-state index is 12.4. The van der Waals surface area contributed by atoms with Gasteiger partial charge in [0.1, 0.15) is 5.82 Å². The smallest absolute Gasteiger partial charge is 0.338 e. The Balaban J connectivity index is 1.55. The van der Waals surface area contributed by atoms with E-state index >= 15 is 0 Å². The molecule has 0 saturated heterocycles. The first-order valence-electron chi connectivity index (χ1n) is 10.8. The predicted octanol–water partition coefficient (Wildman–Crippen LogP) is 4.49. The molecule has 1 aliphatic rings. The second kappa shape index (κ2) is 11.7. The maximum Gasteiger partial charge on any atom is 0.338 e. The fourth-order valence-electron chi connectivity index (χ4n) is 3.77. The average Bonchev–Trinajstić information content (AvgIpc) is 3.15. The molecule has 1 saturated carbocycles. The summed E-state index contributed by atoms with van der Waals surface area (Å²) in [5, 5.41) is 12.3. The summed E-state index contributed by atoms with van der Waals surface area (Å²) in [6.07, 6.45) is 9.19. The van der Waals surface area contributed by atoms with Gasteiger partial charge in [-0.1, -0.05) is 49.9 Å². The van der Waals surface area contributed by atoms with Crippen LogP contribution in [0.1, 0.15) is 55.2 Å². The van der Waals surface area contributed by atoms with Gasteiger partial charge in [-0.05, 0) is 37.1 Å². The Morgan fingerprint density at radius 2 is 1.97 bits per heavy atom. The fourth-order valence-corrected chi connectivity index (χ4v) is 4.54. The molecule has 3 rings (SSSR count). The highest BCUT2D eigenvalue weighted by atomic mass is 32.2. The Labute approximate surface area is 187 Å². The Bertz CT molecular complexity index is 889. The second-order valence-electron chi connectivity index (χ2n) is 7.64. The molecule has 0 atom stereocenters. The lowest BCUT2D eigenvalue weighted by molar-refractivity contribution is -0.113. The zero-order valence-electron chi connectivity index (χ0n) is 18.0. The lowest BCUT2D eigenvalue weighted by Crippen LogP contribution is -2.16. The normalized spacial score (nSPS) is 14.2. The molecule has 0 aliphatic heterocycles. The van der Waals surface area contributed by atoms with Crippen molar-refractivity contribution in [3.05, 3.63) is 48.3 Å². The lowest BCUT2D eigenvalue weighted by atomic mass is 9.87. The molecule has 1 fully saturated rings. The van der Waals surface area contributed by atoms with E-state index in [1.165, 1.54) is 43.9 Å². The van der Waals surface area contributed by atoms with Gasteiger partial charge in [0.25, 0.3) is 0 Å². The van der Waals surface area contributed by atoms with Crippen LogP contribution < -0.4 is 5.32 Å². The lowest BCUT2D eigenvalue weighted by Gasteiger charge is -2.21. The summed E-state index contributed by atoms with van der Waals surface area (Å²) >= 11 is 1.37. The molecule has 166 valence electrons. The van der Waals surface area contributed by atoms with Crippen LogP contribution in [-0.4, -0.2) is 39.0 Å². The zero-order valence-corrected chi connectivity index (χ0v) is 18.8. The molecule has 1 N–H and O–H groups in total. The number of carbonyl (C=O) groups excluding carboxylic acids is 2. The minimum Gasteiger partial charge on any atom is -0.462 e. The number of ether oxygens (including phenoxy) is 1. The topological polar surface area (TPSA) is 86.1 Å². The highest BCUT2D eigenvalue weighted by molar-refractivity contribution is 7.99. The first-order valence-corrected chi connectivity index (χ1v) is 11.8. The monoisotopic (exact) mass is 442 g/mol. The first-order chi connectivity index (χ1) is 15.1. The van der Waals surface area contributed by atoms with Gasteiger partial charge in [0.05, 0.1) is 17.9 Å². The van der Waals surface area contributed by atoms with Crippen molar-refractivity contribution in [2.75, 3.05) is 17.7 Å². The third kappa shape index (κ3) is 6.69. The number of aromatic nitrogens is 3. The van der Waals surface area contributed by atoms with E-state index in [2.05, 4.69) is 26.7 Å². The van der Waals surface area contributed by atoms with Crippen LogP contribution in [0.25, 0.3) is 0 Å². The van der Waals surface area contributed by atoms with Crippen LogP contribution in [0.15, 0.2) is 42.1 Å². The van der Waals surface area contributed by atoms with Gasteiger partial charge in [0.15, 0.2) is 5.16 Å². The van der Waals surface area contributed by atoms with Crippen molar-refractivity contribution in [3.8, 4) is 0 Å². The number of hydrogen-bond acceptors (Lipinski definition) is 6. The summed E-state index contributed by atoms with van der Waals surface area (Å²) in [6, 6.07) is 6.66. The molecule has 0 radical (unpaired) electrons. The number of carbonyl (C=O) groups is 2. The Hall–Kier alpha value is -2.61. The SMILES string of the molecule is C=CCn1c(CC2CCCCC2)nnc1SCC(=O)Nc1ccc(C(=O)OCC)cc1. The van der Waals surface area contributed by atoms with E-state index in [1.807, 2.05) is 6.08 Å². The van der Waals surface area contributed by atoms with Crippen molar-refractivity contribution in [1.82, 2.24) is 14.8 Å². The Morgan fingerprint density at radius 3 is 2.65 bits per heavy atom. The maximum atomic E-state index is 12.4. The number of thioether (sulfide) groups is 1. The molecule has 2 aromatic rings. The summed E-state index contributed by atoms with van der Waals surface area (Å²) in [6.45, 7) is 6.57. The molecule has 1 aromatic carbocycles. The molecule has 7 nitrogen and oxygen atoms in total. The van der Waals surface area contributed by atoms with Gasteiger partial charge >= 0.3 is 5.97 Å².